The molecule has 0 radical (unpaired) electrons. The van der Waals surface area contributed by atoms with Crippen LogP contribution in [0.4, 0.5) is 0 Å². The molecule has 2 unspecified atom stereocenters. The first kappa shape index (κ1) is 12.4. The smallest absolute Gasteiger partial charge is 0.0709 e. The average molecular weight is 269 g/mol. The second-order valence-corrected chi connectivity index (χ2v) is 6.96. The highest BCUT2D eigenvalue weighted by Gasteiger charge is 2.53. The number of hydrogen-bond acceptors (Lipinski definition) is 2. The Kier molecular flexibility index (Phi) is 2.68. The Morgan fingerprint density at radius 1 is 1.30 bits per heavy atom. The fourth-order valence-electron chi connectivity index (χ4n) is 4.51. The molecule has 1 aromatic carbocycles. The highest BCUT2D eigenvalue weighted by molar-refractivity contribution is 5.81. The molecule has 2 aromatic rings. The fourth-order valence-corrected chi connectivity index (χ4v) is 4.51. The summed E-state index contributed by atoms with van der Waals surface area (Å²) in [5.41, 5.74) is 2.99. The van der Waals surface area contributed by atoms with Crippen LogP contribution in [0.15, 0.2) is 24.3 Å². The van der Waals surface area contributed by atoms with E-state index in [-0.39, 0.29) is 0 Å². The minimum Gasteiger partial charge on any atom is -0.319 e. The number of benzene rings is 1. The molecule has 4 rings (SSSR count). The summed E-state index contributed by atoms with van der Waals surface area (Å²) in [5.74, 6) is 2.02. The van der Waals surface area contributed by atoms with Crippen molar-refractivity contribution in [2.45, 2.75) is 25.7 Å². The summed E-state index contributed by atoms with van der Waals surface area (Å²) >= 11 is 0. The number of nitrogens with one attached hydrogen (secondary N) is 1. The Bertz CT molecular complexity index is 633. The molecule has 3 heteroatoms. The Morgan fingerprint density at radius 3 is 2.80 bits per heavy atom. The Morgan fingerprint density at radius 2 is 2.05 bits per heavy atom. The summed E-state index contributed by atoms with van der Waals surface area (Å²) in [4.78, 5) is 0. The number of aromatic nitrogens is 2. The molecule has 0 bridgehead atoms. The Hall–Kier alpha value is -1.35. The first-order chi connectivity index (χ1) is 9.71. The second-order valence-electron chi connectivity index (χ2n) is 6.96. The average Bonchev–Trinajstić information content (AvgIpc) is 2.93. The molecule has 0 spiro atoms. The van der Waals surface area contributed by atoms with Gasteiger partial charge in [-0.15, -0.1) is 0 Å². The molecule has 1 aromatic heterocycles. The maximum absolute atomic E-state index is 4.81. The van der Waals surface area contributed by atoms with Crippen molar-refractivity contribution in [1.82, 2.24) is 15.1 Å². The summed E-state index contributed by atoms with van der Waals surface area (Å²) in [6.45, 7) is 1.13. The SMILES string of the molecule is CNCC1(Cc2nn(C)c3ccccc23)CC2CC2C1. The lowest BCUT2D eigenvalue weighted by atomic mass is 9.78. The van der Waals surface area contributed by atoms with Crippen molar-refractivity contribution in [3.63, 3.8) is 0 Å². The van der Waals surface area contributed by atoms with Crippen molar-refractivity contribution in [2.75, 3.05) is 13.6 Å². The van der Waals surface area contributed by atoms with Crippen LogP contribution in [0.5, 0.6) is 0 Å². The van der Waals surface area contributed by atoms with E-state index in [0.29, 0.717) is 5.41 Å². The number of hydrogen-bond donors (Lipinski definition) is 1. The predicted octanol–water partition coefficient (Wildman–Crippen LogP) is 2.75. The summed E-state index contributed by atoms with van der Waals surface area (Å²) in [6, 6.07) is 8.62. The van der Waals surface area contributed by atoms with Crippen LogP contribution in [0.2, 0.25) is 0 Å². The lowest BCUT2D eigenvalue weighted by Gasteiger charge is -2.30. The van der Waals surface area contributed by atoms with Crippen molar-refractivity contribution in [1.29, 1.82) is 0 Å². The number of aryl methyl sites for hydroxylation is 1. The van der Waals surface area contributed by atoms with Gasteiger partial charge in [-0.25, -0.2) is 0 Å². The maximum atomic E-state index is 4.81. The lowest BCUT2D eigenvalue weighted by Crippen LogP contribution is -2.33. The van der Waals surface area contributed by atoms with E-state index in [1.807, 2.05) is 4.68 Å². The van der Waals surface area contributed by atoms with Crippen LogP contribution in [0, 0.1) is 17.3 Å². The van der Waals surface area contributed by atoms with E-state index in [0.717, 1.165) is 24.8 Å². The van der Waals surface area contributed by atoms with Crippen LogP contribution in [-0.4, -0.2) is 23.4 Å². The molecule has 20 heavy (non-hydrogen) atoms. The van der Waals surface area contributed by atoms with Crippen molar-refractivity contribution in [2.24, 2.45) is 24.3 Å². The predicted molar refractivity (Wildman–Crippen MR) is 81.6 cm³/mol. The number of fused-ring (bicyclic) bond motifs is 2. The third-order valence-electron chi connectivity index (χ3n) is 5.39. The lowest BCUT2D eigenvalue weighted by molar-refractivity contribution is 0.253. The first-order valence-electron chi connectivity index (χ1n) is 7.76. The summed E-state index contributed by atoms with van der Waals surface area (Å²) in [7, 11) is 4.14. The molecule has 0 saturated heterocycles. The van der Waals surface area contributed by atoms with Crippen molar-refractivity contribution in [3.8, 4) is 0 Å². The van der Waals surface area contributed by atoms with Gasteiger partial charge in [0, 0.05) is 19.0 Å². The zero-order chi connectivity index (χ0) is 13.7. The maximum Gasteiger partial charge on any atom is 0.0709 e. The highest BCUT2D eigenvalue weighted by Crippen LogP contribution is 2.60. The molecule has 3 nitrogen and oxygen atoms in total. The summed E-state index contributed by atoms with van der Waals surface area (Å²) < 4.78 is 2.04. The highest BCUT2D eigenvalue weighted by atomic mass is 15.3. The van der Waals surface area contributed by atoms with Crippen LogP contribution < -0.4 is 5.32 Å². The summed E-state index contributed by atoms with van der Waals surface area (Å²) in [5, 5.41) is 9.58. The molecular formula is C17H23N3. The molecule has 2 aliphatic rings. The van der Waals surface area contributed by atoms with Gasteiger partial charge in [0.15, 0.2) is 0 Å². The van der Waals surface area contributed by atoms with Crippen molar-refractivity contribution in [3.05, 3.63) is 30.0 Å². The van der Waals surface area contributed by atoms with Crippen LogP contribution in [0.25, 0.3) is 10.9 Å². The first-order valence-corrected chi connectivity index (χ1v) is 7.76. The Labute approximate surface area is 120 Å². The zero-order valence-electron chi connectivity index (χ0n) is 12.4. The van der Waals surface area contributed by atoms with Crippen LogP contribution in [0.1, 0.15) is 25.0 Å². The topological polar surface area (TPSA) is 29.9 Å². The van der Waals surface area contributed by atoms with Gasteiger partial charge in [0.25, 0.3) is 0 Å². The molecule has 106 valence electrons. The van der Waals surface area contributed by atoms with Crippen LogP contribution in [-0.2, 0) is 13.5 Å². The Balaban J connectivity index is 1.69. The van der Waals surface area contributed by atoms with Gasteiger partial charge in [0.1, 0.15) is 0 Å². The second kappa shape index (κ2) is 4.32. The van der Waals surface area contributed by atoms with Gasteiger partial charge in [0.2, 0.25) is 0 Å². The molecule has 2 saturated carbocycles. The van der Waals surface area contributed by atoms with E-state index >= 15 is 0 Å². The third-order valence-corrected chi connectivity index (χ3v) is 5.39. The molecule has 0 amide bonds. The van der Waals surface area contributed by atoms with Gasteiger partial charge in [-0.3, -0.25) is 4.68 Å². The molecule has 2 fully saturated rings. The number of para-hydroxylation sites is 1. The molecule has 2 aliphatic carbocycles. The van der Waals surface area contributed by atoms with Gasteiger partial charge in [-0.05, 0) is 56.0 Å². The van der Waals surface area contributed by atoms with E-state index < -0.39 is 0 Å². The van der Waals surface area contributed by atoms with Gasteiger partial charge < -0.3 is 5.32 Å². The molecule has 0 aliphatic heterocycles. The van der Waals surface area contributed by atoms with Crippen molar-refractivity contribution >= 4 is 10.9 Å². The van der Waals surface area contributed by atoms with Gasteiger partial charge in [0.05, 0.1) is 11.2 Å². The van der Waals surface area contributed by atoms with E-state index in [1.165, 1.54) is 35.9 Å². The van der Waals surface area contributed by atoms with E-state index in [9.17, 15) is 0 Å². The van der Waals surface area contributed by atoms with Gasteiger partial charge in [-0.1, -0.05) is 18.2 Å². The normalized spacial score (nSPS) is 31.7. The fraction of sp³-hybridized carbons (Fsp3) is 0.588. The molecule has 2 atom stereocenters. The van der Waals surface area contributed by atoms with Gasteiger partial charge in [-0.2, -0.15) is 5.10 Å². The molecule has 1 heterocycles. The molecular weight excluding hydrogens is 246 g/mol. The minimum absolute atomic E-state index is 0.444. The number of nitrogens with zero attached hydrogens (tertiary/aromatic N) is 2. The monoisotopic (exact) mass is 269 g/mol. The standard InChI is InChI=1S/C17H23N3/c1-18-11-17(8-12-7-13(12)9-17)10-15-14-5-3-4-6-16(14)20(2)19-15/h3-6,12-13,18H,7-11H2,1-2H3. The van der Waals surface area contributed by atoms with Crippen LogP contribution >= 0.6 is 0 Å². The third kappa shape index (κ3) is 1.87. The zero-order valence-corrected chi connectivity index (χ0v) is 12.4. The largest absolute Gasteiger partial charge is 0.319 e. The molecule has 1 N–H and O–H groups in total. The van der Waals surface area contributed by atoms with Crippen molar-refractivity contribution < 1.29 is 0 Å². The minimum atomic E-state index is 0.444. The number of rotatable bonds is 4. The van der Waals surface area contributed by atoms with E-state index in [1.54, 1.807) is 0 Å². The van der Waals surface area contributed by atoms with E-state index in [2.05, 4.69) is 43.7 Å². The van der Waals surface area contributed by atoms with E-state index in [4.69, 9.17) is 5.10 Å². The van der Waals surface area contributed by atoms with Gasteiger partial charge >= 0.3 is 0 Å². The van der Waals surface area contributed by atoms with Crippen LogP contribution in [0.3, 0.4) is 0 Å². The summed E-state index contributed by atoms with van der Waals surface area (Å²) in [6.07, 6.45) is 5.39. The quantitative estimate of drug-likeness (QED) is 0.925.